The van der Waals surface area contributed by atoms with E-state index in [1.807, 2.05) is 0 Å². The van der Waals surface area contributed by atoms with Crippen molar-refractivity contribution in [3.05, 3.63) is 0 Å². The lowest BCUT2D eigenvalue weighted by Gasteiger charge is -2.41. The number of piperidine rings is 1. The molecular weight excluding hydrogens is 244 g/mol. The van der Waals surface area contributed by atoms with E-state index in [2.05, 4.69) is 37.9 Å². The van der Waals surface area contributed by atoms with Crippen LogP contribution in [0.3, 0.4) is 0 Å². The fraction of sp³-hybridized carbons (Fsp3) is 1.00. The molecule has 0 radical (unpaired) electrons. The van der Waals surface area contributed by atoms with Gasteiger partial charge in [-0.1, -0.05) is 40.5 Å². The lowest BCUT2D eigenvalue weighted by molar-refractivity contribution is 0.124. The first-order valence-corrected chi connectivity index (χ1v) is 8.92. The summed E-state index contributed by atoms with van der Waals surface area (Å²) in [6.45, 7) is 14.7. The predicted molar refractivity (Wildman–Crippen MR) is 88.0 cm³/mol. The molecule has 0 aromatic carbocycles. The quantitative estimate of drug-likeness (QED) is 0.840. The van der Waals surface area contributed by atoms with Crippen molar-refractivity contribution in [1.82, 2.24) is 10.2 Å². The van der Waals surface area contributed by atoms with Crippen molar-refractivity contribution in [3.63, 3.8) is 0 Å². The summed E-state index contributed by atoms with van der Waals surface area (Å²) in [7, 11) is 0. The van der Waals surface area contributed by atoms with E-state index in [-0.39, 0.29) is 0 Å². The summed E-state index contributed by atoms with van der Waals surface area (Å²) < 4.78 is 0. The fourth-order valence-electron chi connectivity index (χ4n) is 4.11. The minimum Gasteiger partial charge on any atom is -0.312 e. The molecule has 0 aromatic rings. The Labute approximate surface area is 126 Å². The molecule has 2 aliphatic rings. The summed E-state index contributed by atoms with van der Waals surface area (Å²) in [5.74, 6) is 1.81. The van der Waals surface area contributed by atoms with E-state index in [1.165, 1.54) is 64.7 Å². The number of hydrogen-bond acceptors (Lipinski definition) is 2. The van der Waals surface area contributed by atoms with Crippen LogP contribution in [-0.2, 0) is 0 Å². The average molecular weight is 280 g/mol. The van der Waals surface area contributed by atoms with Crippen LogP contribution in [0, 0.1) is 17.3 Å². The van der Waals surface area contributed by atoms with Crippen LogP contribution in [-0.4, -0.2) is 37.1 Å². The summed E-state index contributed by atoms with van der Waals surface area (Å²) in [5.41, 5.74) is 0.457. The van der Waals surface area contributed by atoms with Crippen molar-refractivity contribution in [2.45, 2.75) is 72.3 Å². The third-order valence-corrected chi connectivity index (χ3v) is 5.59. The number of likely N-dealkylation sites (tertiary alicyclic amines) is 1. The molecule has 2 heteroatoms. The highest BCUT2D eigenvalue weighted by atomic mass is 15.1. The second-order valence-corrected chi connectivity index (χ2v) is 8.34. The molecule has 2 fully saturated rings. The SMILES string of the molecule is CC1CCN(CCNC2CCCCC2C(C)(C)C)CC1. The number of nitrogens with one attached hydrogen (secondary N) is 1. The summed E-state index contributed by atoms with van der Waals surface area (Å²) in [5, 5.41) is 3.90. The van der Waals surface area contributed by atoms with Crippen molar-refractivity contribution < 1.29 is 0 Å². The first-order chi connectivity index (χ1) is 9.47. The van der Waals surface area contributed by atoms with E-state index in [1.54, 1.807) is 0 Å². The van der Waals surface area contributed by atoms with Gasteiger partial charge in [0.1, 0.15) is 0 Å². The highest BCUT2D eigenvalue weighted by Crippen LogP contribution is 2.37. The minimum atomic E-state index is 0.457. The van der Waals surface area contributed by atoms with Gasteiger partial charge >= 0.3 is 0 Å². The summed E-state index contributed by atoms with van der Waals surface area (Å²) in [6, 6.07) is 0.757. The normalized spacial score (nSPS) is 30.6. The molecule has 1 N–H and O–H groups in total. The zero-order chi connectivity index (χ0) is 14.6. The summed E-state index contributed by atoms with van der Waals surface area (Å²) >= 11 is 0. The van der Waals surface area contributed by atoms with Gasteiger partial charge in [-0.3, -0.25) is 0 Å². The second-order valence-electron chi connectivity index (χ2n) is 8.34. The van der Waals surface area contributed by atoms with Crippen molar-refractivity contribution in [2.75, 3.05) is 26.2 Å². The number of hydrogen-bond donors (Lipinski definition) is 1. The molecular formula is C18H36N2. The third-order valence-electron chi connectivity index (χ3n) is 5.59. The molecule has 2 nitrogen and oxygen atoms in total. The molecule has 1 saturated carbocycles. The Morgan fingerprint density at radius 3 is 2.30 bits per heavy atom. The van der Waals surface area contributed by atoms with Crippen molar-refractivity contribution >= 4 is 0 Å². The lowest BCUT2D eigenvalue weighted by Crippen LogP contribution is -2.47. The average Bonchev–Trinajstić information content (AvgIpc) is 2.40. The standard InChI is InChI=1S/C18H36N2/c1-15-9-12-20(13-10-15)14-11-19-17-8-6-5-7-16(17)18(2,3)4/h15-17,19H,5-14H2,1-4H3. The molecule has 0 spiro atoms. The first kappa shape index (κ1) is 16.3. The smallest absolute Gasteiger partial charge is 0.0107 e. The van der Waals surface area contributed by atoms with Gasteiger partial charge in [0.2, 0.25) is 0 Å². The maximum absolute atomic E-state index is 3.90. The van der Waals surface area contributed by atoms with Crippen LogP contribution in [0.1, 0.15) is 66.2 Å². The molecule has 2 atom stereocenters. The Kier molecular flexibility index (Phi) is 5.92. The van der Waals surface area contributed by atoms with Crippen LogP contribution in [0.2, 0.25) is 0 Å². The van der Waals surface area contributed by atoms with E-state index < -0.39 is 0 Å². The van der Waals surface area contributed by atoms with Gasteiger partial charge in [-0.2, -0.15) is 0 Å². The molecule has 2 rings (SSSR count). The monoisotopic (exact) mass is 280 g/mol. The Balaban J connectivity index is 1.72. The van der Waals surface area contributed by atoms with E-state index in [0.717, 1.165) is 17.9 Å². The van der Waals surface area contributed by atoms with Crippen LogP contribution >= 0.6 is 0 Å². The topological polar surface area (TPSA) is 15.3 Å². The number of nitrogens with zero attached hydrogens (tertiary/aromatic N) is 1. The molecule has 0 amide bonds. The maximum Gasteiger partial charge on any atom is 0.0107 e. The highest BCUT2D eigenvalue weighted by Gasteiger charge is 2.33. The Bertz CT molecular complexity index is 274. The number of rotatable bonds is 4. The lowest BCUT2D eigenvalue weighted by atomic mass is 9.69. The zero-order valence-electron chi connectivity index (χ0n) is 14.3. The van der Waals surface area contributed by atoms with Crippen molar-refractivity contribution in [3.8, 4) is 0 Å². The van der Waals surface area contributed by atoms with Gasteiger partial charge in [0.15, 0.2) is 0 Å². The minimum absolute atomic E-state index is 0.457. The van der Waals surface area contributed by atoms with Crippen LogP contribution in [0.5, 0.6) is 0 Å². The molecule has 0 bridgehead atoms. The van der Waals surface area contributed by atoms with Gasteiger partial charge < -0.3 is 10.2 Å². The summed E-state index contributed by atoms with van der Waals surface area (Å²) in [4.78, 5) is 2.65. The van der Waals surface area contributed by atoms with Crippen LogP contribution in [0.4, 0.5) is 0 Å². The van der Waals surface area contributed by atoms with Gasteiger partial charge in [0.25, 0.3) is 0 Å². The highest BCUT2D eigenvalue weighted by molar-refractivity contribution is 4.88. The molecule has 118 valence electrons. The van der Waals surface area contributed by atoms with Crippen molar-refractivity contribution in [1.29, 1.82) is 0 Å². The van der Waals surface area contributed by atoms with Gasteiger partial charge in [-0.05, 0) is 56.0 Å². The molecule has 0 aromatic heterocycles. The van der Waals surface area contributed by atoms with E-state index in [0.29, 0.717) is 5.41 Å². The van der Waals surface area contributed by atoms with Crippen LogP contribution < -0.4 is 5.32 Å². The van der Waals surface area contributed by atoms with Crippen LogP contribution in [0.15, 0.2) is 0 Å². The van der Waals surface area contributed by atoms with Gasteiger partial charge in [-0.15, -0.1) is 0 Å². The van der Waals surface area contributed by atoms with Gasteiger partial charge in [-0.25, -0.2) is 0 Å². The first-order valence-electron chi connectivity index (χ1n) is 8.92. The Hall–Kier alpha value is -0.0800. The Morgan fingerprint density at radius 1 is 1.00 bits per heavy atom. The maximum atomic E-state index is 3.90. The van der Waals surface area contributed by atoms with E-state index in [4.69, 9.17) is 0 Å². The molecule has 1 aliphatic carbocycles. The van der Waals surface area contributed by atoms with E-state index in [9.17, 15) is 0 Å². The van der Waals surface area contributed by atoms with E-state index >= 15 is 0 Å². The molecule has 1 aliphatic heterocycles. The molecule has 1 saturated heterocycles. The fourth-order valence-corrected chi connectivity index (χ4v) is 4.11. The molecule has 20 heavy (non-hydrogen) atoms. The predicted octanol–water partition coefficient (Wildman–Crippen LogP) is 3.91. The third kappa shape index (κ3) is 4.73. The van der Waals surface area contributed by atoms with Crippen molar-refractivity contribution in [2.24, 2.45) is 17.3 Å². The summed E-state index contributed by atoms with van der Waals surface area (Å²) in [6.07, 6.45) is 8.46. The second kappa shape index (κ2) is 7.26. The molecule has 1 heterocycles. The van der Waals surface area contributed by atoms with Crippen LogP contribution in [0.25, 0.3) is 0 Å². The largest absolute Gasteiger partial charge is 0.312 e. The Morgan fingerprint density at radius 2 is 1.65 bits per heavy atom. The zero-order valence-corrected chi connectivity index (χ0v) is 14.3. The van der Waals surface area contributed by atoms with Gasteiger partial charge in [0.05, 0.1) is 0 Å². The van der Waals surface area contributed by atoms with Gasteiger partial charge in [0, 0.05) is 19.1 Å². The molecule has 2 unspecified atom stereocenters.